The van der Waals surface area contributed by atoms with Crippen LogP contribution in [0.5, 0.6) is 0 Å². The fourth-order valence-electron chi connectivity index (χ4n) is 0.923. The van der Waals surface area contributed by atoms with Crippen molar-refractivity contribution < 1.29 is 0 Å². The fraction of sp³-hybridized carbons (Fsp3) is 0.909. The first kappa shape index (κ1) is 11.0. The molecule has 0 heteroatoms. The maximum atomic E-state index is 2.48. The van der Waals surface area contributed by atoms with Gasteiger partial charge in [0, 0.05) is 0 Å². The maximum absolute atomic E-state index is 2.48. The number of rotatable bonds is 4. The molecule has 0 N–H and O–H groups in total. The third-order valence-corrected chi connectivity index (χ3v) is 2.71. The van der Waals surface area contributed by atoms with Gasteiger partial charge in [0.25, 0.3) is 0 Å². The average molecular weight is 155 g/mol. The van der Waals surface area contributed by atoms with E-state index >= 15 is 0 Å². The second-order valence-electron chi connectivity index (χ2n) is 4.40. The van der Waals surface area contributed by atoms with E-state index in [0.717, 1.165) is 23.7 Å². The summed E-state index contributed by atoms with van der Waals surface area (Å²) in [6.07, 6.45) is 2.48. The Labute approximate surface area is 72.4 Å². The highest BCUT2D eigenvalue weighted by Crippen LogP contribution is 2.22. The Hall–Kier alpha value is 0. The molecule has 0 aromatic rings. The minimum Gasteiger partial charge on any atom is -0.0625 e. The van der Waals surface area contributed by atoms with Gasteiger partial charge in [0.05, 0.1) is 0 Å². The largest absolute Gasteiger partial charge is 0.0625 e. The van der Waals surface area contributed by atoms with E-state index in [1.807, 2.05) is 0 Å². The van der Waals surface area contributed by atoms with E-state index in [1.165, 1.54) is 0 Å². The molecule has 67 valence electrons. The predicted octanol–water partition coefficient (Wildman–Crippen LogP) is 3.77. The lowest BCUT2D eigenvalue weighted by Crippen LogP contribution is -2.13. The smallest absolute Gasteiger partial charge is 0.0324 e. The molecule has 0 amide bonds. The molecule has 0 rings (SSSR count). The van der Waals surface area contributed by atoms with E-state index in [-0.39, 0.29) is 0 Å². The van der Waals surface area contributed by atoms with Gasteiger partial charge in [-0.2, -0.15) is 0 Å². The van der Waals surface area contributed by atoms with Gasteiger partial charge < -0.3 is 0 Å². The molecule has 0 aliphatic rings. The zero-order chi connectivity index (χ0) is 9.02. The van der Waals surface area contributed by atoms with Crippen molar-refractivity contribution in [2.24, 2.45) is 23.7 Å². The molecule has 0 saturated carbocycles. The Morgan fingerprint density at radius 1 is 0.636 bits per heavy atom. The molecular weight excluding hydrogens is 132 g/mol. The Kier molecular flexibility index (Phi) is 4.79. The summed E-state index contributed by atoms with van der Waals surface area (Å²) in [5.41, 5.74) is 0. The minimum atomic E-state index is 0.757. The van der Waals surface area contributed by atoms with Gasteiger partial charge >= 0.3 is 0 Å². The molecule has 2 atom stereocenters. The van der Waals surface area contributed by atoms with E-state index in [9.17, 15) is 0 Å². The number of hydrogen-bond donors (Lipinski definition) is 0. The van der Waals surface area contributed by atoms with Gasteiger partial charge in [-0.3, -0.25) is 0 Å². The van der Waals surface area contributed by atoms with Crippen LogP contribution in [0.25, 0.3) is 0 Å². The van der Waals surface area contributed by atoms with Crippen LogP contribution in [0.3, 0.4) is 0 Å². The van der Waals surface area contributed by atoms with Crippen molar-refractivity contribution in [1.82, 2.24) is 0 Å². The van der Waals surface area contributed by atoms with Gasteiger partial charge in [0.2, 0.25) is 0 Å². The standard InChI is InChI=1S/C11H23/c1-8(2)10(5)7-11(6)9(3)4/h7-11H,1-6H3. The van der Waals surface area contributed by atoms with E-state index in [2.05, 4.69) is 48.0 Å². The summed E-state index contributed by atoms with van der Waals surface area (Å²) in [6.45, 7) is 13.8. The third-order valence-electron chi connectivity index (χ3n) is 2.71. The zero-order valence-electron chi connectivity index (χ0n) is 8.89. The van der Waals surface area contributed by atoms with Crippen LogP contribution >= 0.6 is 0 Å². The van der Waals surface area contributed by atoms with Gasteiger partial charge in [-0.1, -0.05) is 41.5 Å². The molecule has 0 saturated heterocycles. The van der Waals surface area contributed by atoms with Crippen LogP contribution in [0.2, 0.25) is 0 Å². The summed E-state index contributed by atoms with van der Waals surface area (Å²) in [7, 11) is 0. The summed E-state index contributed by atoms with van der Waals surface area (Å²) in [4.78, 5) is 0. The van der Waals surface area contributed by atoms with Crippen LogP contribution in [0.15, 0.2) is 0 Å². The molecule has 0 aromatic carbocycles. The number of hydrogen-bond acceptors (Lipinski definition) is 0. The van der Waals surface area contributed by atoms with Crippen molar-refractivity contribution in [3.8, 4) is 0 Å². The second kappa shape index (κ2) is 4.79. The summed E-state index contributed by atoms with van der Waals surface area (Å²) in [5.74, 6) is 3.09. The summed E-state index contributed by atoms with van der Waals surface area (Å²) < 4.78 is 0. The Bertz CT molecular complexity index is 80.2. The lowest BCUT2D eigenvalue weighted by atomic mass is 9.84. The SMILES string of the molecule is CC(C)C(C)[CH]C(C)C(C)C. The van der Waals surface area contributed by atoms with Crippen LogP contribution < -0.4 is 0 Å². The van der Waals surface area contributed by atoms with E-state index < -0.39 is 0 Å². The Morgan fingerprint density at radius 3 is 1.09 bits per heavy atom. The van der Waals surface area contributed by atoms with Crippen LogP contribution in [0, 0.1) is 30.1 Å². The average Bonchev–Trinajstić information content (AvgIpc) is 1.87. The van der Waals surface area contributed by atoms with E-state index in [1.54, 1.807) is 0 Å². The van der Waals surface area contributed by atoms with Crippen molar-refractivity contribution in [2.75, 3.05) is 0 Å². The molecule has 0 aromatic heterocycles. The van der Waals surface area contributed by atoms with E-state index in [0.29, 0.717) is 0 Å². The Morgan fingerprint density at radius 2 is 0.909 bits per heavy atom. The molecule has 0 bridgehead atoms. The monoisotopic (exact) mass is 155 g/mol. The highest BCUT2D eigenvalue weighted by Gasteiger charge is 2.14. The van der Waals surface area contributed by atoms with Crippen molar-refractivity contribution in [3.63, 3.8) is 0 Å². The van der Waals surface area contributed by atoms with Crippen molar-refractivity contribution in [1.29, 1.82) is 0 Å². The lowest BCUT2D eigenvalue weighted by molar-refractivity contribution is 0.375. The molecule has 0 aliphatic heterocycles. The highest BCUT2D eigenvalue weighted by atomic mass is 14.2. The molecular formula is C11H23. The fourth-order valence-corrected chi connectivity index (χ4v) is 0.923. The molecule has 1 radical (unpaired) electrons. The van der Waals surface area contributed by atoms with Crippen molar-refractivity contribution in [2.45, 2.75) is 41.5 Å². The first-order valence-corrected chi connectivity index (χ1v) is 4.80. The molecule has 0 nitrogen and oxygen atoms in total. The van der Waals surface area contributed by atoms with Gasteiger partial charge in [-0.05, 0) is 30.1 Å². The Balaban J connectivity index is 3.66. The van der Waals surface area contributed by atoms with Crippen LogP contribution in [0.1, 0.15) is 41.5 Å². The molecule has 0 spiro atoms. The van der Waals surface area contributed by atoms with Gasteiger partial charge in [-0.15, -0.1) is 0 Å². The summed E-state index contributed by atoms with van der Waals surface area (Å²) >= 11 is 0. The van der Waals surface area contributed by atoms with Gasteiger partial charge in [0.15, 0.2) is 0 Å². The summed E-state index contributed by atoms with van der Waals surface area (Å²) in [6, 6.07) is 0. The first-order chi connectivity index (χ1) is 4.95. The molecule has 0 heterocycles. The molecule has 0 fully saturated rings. The minimum absolute atomic E-state index is 0.757. The zero-order valence-corrected chi connectivity index (χ0v) is 8.89. The summed E-state index contributed by atoms with van der Waals surface area (Å²) in [5, 5.41) is 0. The second-order valence-corrected chi connectivity index (χ2v) is 4.40. The molecule has 11 heavy (non-hydrogen) atoms. The van der Waals surface area contributed by atoms with Crippen molar-refractivity contribution >= 4 is 0 Å². The maximum Gasteiger partial charge on any atom is -0.0324 e. The normalized spacial score (nSPS) is 17.5. The van der Waals surface area contributed by atoms with Crippen LogP contribution in [0.4, 0.5) is 0 Å². The molecule has 2 unspecified atom stereocenters. The quantitative estimate of drug-likeness (QED) is 0.579. The lowest BCUT2D eigenvalue weighted by Gasteiger charge is -2.22. The van der Waals surface area contributed by atoms with Gasteiger partial charge in [0.1, 0.15) is 0 Å². The van der Waals surface area contributed by atoms with E-state index in [4.69, 9.17) is 0 Å². The van der Waals surface area contributed by atoms with Crippen molar-refractivity contribution in [3.05, 3.63) is 6.42 Å². The highest BCUT2D eigenvalue weighted by molar-refractivity contribution is 4.81. The third kappa shape index (κ3) is 4.44. The first-order valence-electron chi connectivity index (χ1n) is 4.80. The van der Waals surface area contributed by atoms with Crippen LogP contribution in [-0.4, -0.2) is 0 Å². The van der Waals surface area contributed by atoms with Crippen LogP contribution in [-0.2, 0) is 0 Å². The van der Waals surface area contributed by atoms with Gasteiger partial charge in [-0.25, -0.2) is 0 Å². The predicted molar refractivity (Wildman–Crippen MR) is 52.3 cm³/mol. The topological polar surface area (TPSA) is 0 Å². The molecule has 0 aliphatic carbocycles.